The molecule has 0 radical (unpaired) electrons. The minimum absolute atomic E-state index is 0.0478. The van der Waals surface area contributed by atoms with E-state index in [1.54, 1.807) is 16.1 Å². The first-order valence-electron chi connectivity index (χ1n) is 5.22. The van der Waals surface area contributed by atoms with E-state index in [4.69, 9.17) is 5.73 Å². The largest absolute Gasteiger partial charge is 0.320 e. The molecule has 2 rings (SSSR count). The minimum atomic E-state index is 0.0478. The molecule has 0 spiro atoms. The van der Waals surface area contributed by atoms with Gasteiger partial charge in [0.2, 0.25) is 0 Å². The minimum Gasteiger partial charge on any atom is -0.320 e. The Labute approximate surface area is 104 Å². The quantitative estimate of drug-likeness (QED) is 0.809. The second kappa shape index (κ2) is 5.48. The van der Waals surface area contributed by atoms with Gasteiger partial charge in [0.05, 0.1) is 13.1 Å². The van der Waals surface area contributed by atoms with Gasteiger partial charge in [0.1, 0.15) is 0 Å². The Hall–Kier alpha value is -1.83. The Morgan fingerprint density at radius 3 is 2.88 bits per heavy atom. The smallest absolute Gasteiger partial charge is 0.307 e. The summed E-state index contributed by atoms with van der Waals surface area (Å²) in [5, 5.41) is 1.79. The van der Waals surface area contributed by atoms with E-state index < -0.39 is 0 Å². The summed E-state index contributed by atoms with van der Waals surface area (Å²) in [5.41, 5.74) is 7.32. The molecule has 0 atom stereocenters. The van der Waals surface area contributed by atoms with E-state index in [0.717, 1.165) is 11.1 Å². The lowest BCUT2D eigenvalue weighted by molar-refractivity contribution is 0.782. The zero-order chi connectivity index (χ0) is 12.1. The van der Waals surface area contributed by atoms with Gasteiger partial charge < -0.3 is 10.3 Å². The summed E-state index contributed by atoms with van der Waals surface area (Å²) < 4.78 is 1.67. The normalized spacial score (nSPS) is 9.71. The SMILES string of the molecule is NCC#Cc1ccccc1Cn1ccsc1=O. The molecule has 2 N–H and O–H groups in total. The molecule has 1 heterocycles. The number of hydrogen-bond donors (Lipinski definition) is 1. The molecular weight excluding hydrogens is 232 g/mol. The highest BCUT2D eigenvalue weighted by atomic mass is 32.1. The number of hydrogen-bond acceptors (Lipinski definition) is 3. The number of aromatic nitrogens is 1. The van der Waals surface area contributed by atoms with Crippen LogP contribution in [0.5, 0.6) is 0 Å². The summed E-state index contributed by atoms with van der Waals surface area (Å²) in [5.74, 6) is 5.85. The maximum absolute atomic E-state index is 11.5. The first kappa shape index (κ1) is 11.6. The van der Waals surface area contributed by atoms with Crippen molar-refractivity contribution in [3.05, 3.63) is 56.6 Å². The van der Waals surface area contributed by atoms with Crippen LogP contribution in [0.15, 0.2) is 40.6 Å². The monoisotopic (exact) mass is 244 g/mol. The standard InChI is InChI=1S/C13H12N2OS/c14-7-3-6-11-4-1-2-5-12(11)10-15-8-9-17-13(15)16/h1-2,4-5,8-9H,7,10,14H2. The average molecular weight is 244 g/mol. The van der Waals surface area contributed by atoms with E-state index >= 15 is 0 Å². The van der Waals surface area contributed by atoms with Crippen molar-refractivity contribution >= 4 is 11.3 Å². The number of nitrogens with two attached hydrogens (primary N) is 1. The Morgan fingerprint density at radius 1 is 1.35 bits per heavy atom. The number of benzene rings is 1. The summed E-state index contributed by atoms with van der Waals surface area (Å²) in [6.45, 7) is 0.893. The van der Waals surface area contributed by atoms with E-state index in [-0.39, 0.29) is 4.87 Å². The molecule has 0 amide bonds. The first-order valence-corrected chi connectivity index (χ1v) is 6.10. The Bertz CT molecular complexity index is 616. The summed E-state index contributed by atoms with van der Waals surface area (Å²) in [6.07, 6.45) is 1.79. The van der Waals surface area contributed by atoms with Crippen LogP contribution in [0.3, 0.4) is 0 Å². The number of nitrogens with zero attached hydrogens (tertiary/aromatic N) is 1. The fraction of sp³-hybridized carbons (Fsp3) is 0.154. The highest BCUT2D eigenvalue weighted by Gasteiger charge is 2.02. The van der Waals surface area contributed by atoms with Gasteiger partial charge >= 0.3 is 4.87 Å². The fourth-order valence-electron chi connectivity index (χ4n) is 1.52. The summed E-state index contributed by atoms with van der Waals surface area (Å²) in [7, 11) is 0. The average Bonchev–Trinajstić information content (AvgIpc) is 2.74. The molecule has 1 aromatic carbocycles. The predicted octanol–water partition coefficient (Wildman–Crippen LogP) is 1.27. The van der Waals surface area contributed by atoms with Gasteiger partial charge in [-0.15, -0.1) is 0 Å². The molecule has 4 heteroatoms. The van der Waals surface area contributed by atoms with Crippen molar-refractivity contribution in [2.24, 2.45) is 5.73 Å². The topological polar surface area (TPSA) is 48.0 Å². The third-order valence-electron chi connectivity index (χ3n) is 2.33. The van der Waals surface area contributed by atoms with Crippen LogP contribution in [-0.4, -0.2) is 11.1 Å². The van der Waals surface area contributed by atoms with Crippen LogP contribution in [0.4, 0.5) is 0 Å². The van der Waals surface area contributed by atoms with Crippen LogP contribution in [-0.2, 0) is 6.54 Å². The predicted molar refractivity (Wildman–Crippen MR) is 70.1 cm³/mol. The molecule has 17 heavy (non-hydrogen) atoms. The van der Waals surface area contributed by atoms with Gasteiger partial charge in [-0.2, -0.15) is 0 Å². The van der Waals surface area contributed by atoms with Gasteiger partial charge in [0.25, 0.3) is 0 Å². The molecule has 0 bridgehead atoms. The van der Waals surface area contributed by atoms with Crippen molar-refractivity contribution < 1.29 is 0 Å². The van der Waals surface area contributed by atoms with Gasteiger partial charge in [-0.05, 0) is 11.6 Å². The van der Waals surface area contributed by atoms with Crippen LogP contribution < -0.4 is 10.6 Å². The maximum Gasteiger partial charge on any atom is 0.307 e. The van der Waals surface area contributed by atoms with E-state index in [1.807, 2.05) is 24.3 Å². The molecule has 3 nitrogen and oxygen atoms in total. The van der Waals surface area contributed by atoms with E-state index in [0.29, 0.717) is 13.1 Å². The van der Waals surface area contributed by atoms with E-state index in [2.05, 4.69) is 11.8 Å². The lowest BCUT2D eigenvalue weighted by Crippen LogP contribution is -2.13. The van der Waals surface area contributed by atoms with Gasteiger partial charge in [-0.1, -0.05) is 41.4 Å². The molecular formula is C13H12N2OS. The highest BCUT2D eigenvalue weighted by molar-refractivity contribution is 7.07. The third kappa shape index (κ3) is 2.84. The molecule has 0 saturated heterocycles. The van der Waals surface area contributed by atoms with E-state index in [9.17, 15) is 4.79 Å². The van der Waals surface area contributed by atoms with Crippen molar-refractivity contribution in [2.75, 3.05) is 6.54 Å². The number of thiazole rings is 1. The van der Waals surface area contributed by atoms with Gasteiger partial charge in [-0.25, -0.2) is 0 Å². The Morgan fingerprint density at radius 2 is 2.18 bits per heavy atom. The van der Waals surface area contributed by atoms with Crippen molar-refractivity contribution in [3.63, 3.8) is 0 Å². The van der Waals surface area contributed by atoms with Crippen molar-refractivity contribution in [3.8, 4) is 11.8 Å². The van der Waals surface area contributed by atoms with Crippen LogP contribution in [0, 0.1) is 11.8 Å². The Balaban J connectivity index is 2.33. The first-order chi connectivity index (χ1) is 8.31. The van der Waals surface area contributed by atoms with Gasteiger partial charge in [-0.3, -0.25) is 4.79 Å². The van der Waals surface area contributed by atoms with Crippen LogP contribution in [0.2, 0.25) is 0 Å². The Kier molecular flexibility index (Phi) is 3.76. The zero-order valence-electron chi connectivity index (χ0n) is 9.22. The summed E-state index contributed by atoms with van der Waals surface area (Å²) in [6, 6.07) is 7.79. The summed E-state index contributed by atoms with van der Waals surface area (Å²) >= 11 is 1.20. The van der Waals surface area contributed by atoms with Gasteiger partial charge in [0.15, 0.2) is 0 Å². The lowest BCUT2D eigenvalue weighted by atomic mass is 10.1. The number of rotatable bonds is 2. The van der Waals surface area contributed by atoms with Crippen molar-refractivity contribution in [1.29, 1.82) is 0 Å². The molecule has 0 fully saturated rings. The highest BCUT2D eigenvalue weighted by Crippen LogP contribution is 2.09. The molecule has 0 saturated carbocycles. The summed E-state index contributed by atoms with van der Waals surface area (Å²) in [4.78, 5) is 11.5. The molecule has 86 valence electrons. The lowest BCUT2D eigenvalue weighted by Gasteiger charge is -2.04. The van der Waals surface area contributed by atoms with Crippen molar-refractivity contribution in [2.45, 2.75) is 6.54 Å². The van der Waals surface area contributed by atoms with E-state index in [1.165, 1.54) is 11.3 Å². The van der Waals surface area contributed by atoms with Gasteiger partial charge in [0, 0.05) is 17.1 Å². The molecule has 1 aromatic heterocycles. The maximum atomic E-state index is 11.5. The molecule has 0 aliphatic rings. The second-order valence-electron chi connectivity index (χ2n) is 3.46. The zero-order valence-corrected chi connectivity index (χ0v) is 10.0. The van der Waals surface area contributed by atoms with Crippen LogP contribution in [0.1, 0.15) is 11.1 Å². The molecule has 0 unspecified atom stereocenters. The van der Waals surface area contributed by atoms with Crippen molar-refractivity contribution in [1.82, 2.24) is 4.57 Å². The second-order valence-corrected chi connectivity index (χ2v) is 4.32. The van der Waals surface area contributed by atoms with Crippen LogP contribution in [0.25, 0.3) is 0 Å². The third-order valence-corrected chi connectivity index (χ3v) is 3.02. The molecule has 2 aromatic rings. The van der Waals surface area contributed by atoms with Crippen LogP contribution >= 0.6 is 11.3 Å². The molecule has 0 aliphatic carbocycles. The molecule has 0 aliphatic heterocycles. The fourth-order valence-corrected chi connectivity index (χ4v) is 2.10.